The summed E-state index contributed by atoms with van der Waals surface area (Å²) in [6.45, 7) is 1.22. The van der Waals surface area contributed by atoms with E-state index in [0.29, 0.717) is 23.2 Å². The van der Waals surface area contributed by atoms with Crippen LogP contribution >= 0.6 is 31.9 Å². The second-order valence-corrected chi connectivity index (χ2v) is 6.22. The number of carbonyl (C=O) groups excluding carboxylic acids is 1. The van der Waals surface area contributed by atoms with E-state index in [1.165, 1.54) is 6.21 Å². The first kappa shape index (κ1) is 15.5. The molecule has 1 amide bonds. The number of ether oxygens (including phenoxy) is 1. The molecule has 7 heteroatoms. The predicted octanol–water partition coefficient (Wildman–Crippen LogP) is 2.79. The first-order chi connectivity index (χ1) is 9.58. The van der Waals surface area contributed by atoms with Crippen LogP contribution < -0.4 is 5.43 Å². The summed E-state index contributed by atoms with van der Waals surface area (Å²) in [5.74, 6) is -0.0842. The van der Waals surface area contributed by atoms with Gasteiger partial charge in [-0.2, -0.15) is 5.10 Å². The quantitative estimate of drug-likeness (QED) is 0.600. The number of phenolic OH excluding ortho intramolecular Hbond substituents is 1. The molecule has 0 radical (unpaired) electrons. The molecule has 2 rings (SSSR count). The van der Waals surface area contributed by atoms with E-state index in [0.717, 1.165) is 17.3 Å². The minimum Gasteiger partial charge on any atom is -0.506 e. The number of halogens is 2. The van der Waals surface area contributed by atoms with Gasteiger partial charge in [-0.3, -0.25) is 4.79 Å². The van der Waals surface area contributed by atoms with Crippen molar-refractivity contribution in [2.24, 2.45) is 11.0 Å². The minimum atomic E-state index is -0.113. The van der Waals surface area contributed by atoms with Crippen molar-refractivity contribution in [1.82, 2.24) is 5.43 Å². The molecule has 0 aliphatic carbocycles. The maximum Gasteiger partial charge on any atom is 0.243 e. The Kier molecular flexibility index (Phi) is 5.56. The third kappa shape index (κ3) is 4.04. The molecule has 1 saturated heterocycles. The molecule has 0 bridgehead atoms. The van der Waals surface area contributed by atoms with Crippen LogP contribution in [0.4, 0.5) is 0 Å². The van der Waals surface area contributed by atoms with Gasteiger partial charge in [0, 0.05) is 29.2 Å². The minimum absolute atomic E-state index is 0.0521. The summed E-state index contributed by atoms with van der Waals surface area (Å²) in [6.07, 6.45) is 2.85. The summed E-state index contributed by atoms with van der Waals surface area (Å²) >= 11 is 6.56. The summed E-state index contributed by atoms with van der Waals surface area (Å²) in [6, 6.07) is 3.44. The zero-order valence-electron chi connectivity index (χ0n) is 10.6. The van der Waals surface area contributed by atoms with Gasteiger partial charge in [0.1, 0.15) is 5.75 Å². The molecule has 108 valence electrons. The molecule has 1 aliphatic rings. The van der Waals surface area contributed by atoms with E-state index < -0.39 is 0 Å². The van der Waals surface area contributed by atoms with Gasteiger partial charge in [0.15, 0.2) is 0 Å². The summed E-state index contributed by atoms with van der Waals surface area (Å²) in [5.41, 5.74) is 3.01. The van der Waals surface area contributed by atoms with E-state index in [-0.39, 0.29) is 17.6 Å². The van der Waals surface area contributed by atoms with Crippen molar-refractivity contribution in [1.29, 1.82) is 0 Å². The molecule has 1 aromatic carbocycles. The van der Waals surface area contributed by atoms with E-state index in [1.54, 1.807) is 12.1 Å². The summed E-state index contributed by atoms with van der Waals surface area (Å²) in [7, 11) is 0. The van der Waals surface area contributed by atoms with Gasteiger partial charge in [-0.1, -0.05) is 15.9 Å². The van der Waals surface area contributed by atoms with Crippen LogP contribution in [0, 0.1) is 5.92 Å². The summed E-state index contributed by atoms with van der Waals surface area (Å²) in [5, 5.41) is 13.7. The van der Waals surface area contributed by atoms with Crippen molar-refractivity contribution in [2.45, 2.75) is 12.8 Å². The predicted molar refractivity (Wildman–Crippen MR) is 82.8 cm³/mol. The molecule has 2 N–H and O–H groups in total. The van der Waals surface area contributed by atoms with Gasteiger partial charge in [-0.05, 0) is 40.9 Å². The van der Waals surface area contributed by atoms with E-state index >= 15 is 0 Å². The highest BCUT2D eigenvalue weighted by atomic mass is 79.9. The summed E-state index contributed by atoms with van der Waals surface area (Å²) in [4.78, 5) is 11.8. The van der Waals surface area contributed by atoms with Gasteiger partial charge in [-0.15, -0.1) is 0 Å². The number of carbonyl (C=O) groups is 1. The molecule has 0 saturated carbocycles. The van der Waals surface area contributed by atoms with E-state index in [2.05, 4.69) is 42.4 Å². The molecule has 1 aliphatic heterocycles. The van der Waals surface area contributed by atoms with Crippen LogP contribution in [-0.2, 0) is 9.53 Å². The third-order valence-electron chi connectivity index (χ3n) is 3.03. The largest absolute Gasteiger partial charge is 0.506 e. The van der Waals surface area contributed by atoms with Crippen molar-refractivity contribution in [2.75, 3.05) is 13.2 Å². The number of nitrogens with one attached hydrogen (secondary N) is 1. The number of amides is 1. The number of nitrogens with zero attached hydrogens (tertiary/aromatic N) is 1. The van der Waals surface area contributed by atoms with E-state index in [4.69, 9.17) is 4.74 Å². The second kappa shape index (κ2) is 7.19. The molecule has 0 aromatic heterocycles. The van der Waals surface area contributed by atoms with Crippen LogP contribution in [0.3, 0.4) is 0 Å². The Morgan fingerprint density at radius 2 is 2.10 bits per heavy atom. The van der Waals surface area contributed by atoms with Gasteiger partial charge in [0.05, 0.1) is 10.7 Å². The molecule has 5 nitrogen and oxygen atoms in total. The molecule has 1 heterocycles. The zero-order valence-corrected chi connectivity index (χ0v) is 13.8. The molecule has 0 spiro atoms. The SMILES string of the molecule is O=C(N/N=C/c1cc(Br)cc(Br)c1O)C1CCOCC1. The standard InChI is InChI=1S/C13H14Br2N2O3/c14-10-5-9(12(18)11(15)6-10)7-16-17-13(19)8-1-3-20-4-2-8/h5-8,18H,1-4H2,(H,17,19)/b16-7+. The average Bonchev–Trinajstić information content (AvgIpc) is 2.44. The lowest BCUT2D eigenvalue weighted by molar-refractivity contribution is -0.127. The van der Waals surface area contributed by atoms with Crippen LogP contribution in [0.5, 0.6) is 5.75 Å². The smallest absolute Gasteiger partial charge is 0.243 e. The Hall–Kier alpha value is -0.920. The van der Waals surface area contributed by atoms with Crippen LogP contribution in [0.25, 0.3) is 0 Å². The van der Waals surface area contributed by atoms with E-state index in [9.17, 15) is 9.90 Å². The monoisotopic (exact) mass is 404 g/mol. The normalized spacial score (nSPS) is 16.5. The molecule has 0 atom stereocenters. The number of aromatic hydroxyl groups is 1. The number of hydrogen-bond acceptors (Lipinski definition) is 4. The fourth-order valence-electron chi connectivity index (χ4n) is 1.90. The number of benzene rings is 1. The number of phenols is 1. The molecule has 1 fully saturated rings. The van der Waals surface area contributed by atoms with Gasteiger partial charge in [-0.25, -0.2) is 5.43 Å². The number of rotatable bonds is 3. The lowest BCUT2D eigenvalue weighted by atomic mass is 10.00. The van der Waals surface area contributed by atoms with Crippen LogP contribution in [0.2, 0.25) is 0 Å². The third-order valence-corrected chi connectivity index (χ3v) is 4.09. The molecular formula is C13H14Br2N2O3. The van der Waals surface area contributed by atoms with Gasteiger partial charge in [0.2, 0.25) is 5.91 Å². The zero-order chi connectivity index (χ0) is 14.5. The highest BCUT2D eigenvalue weighted by molar-refractivity contribution is 9.11. The van der Waals surface area contributed by atoms with Crippen LogP contribution in [0.1, 0.15) is 18.4 Å². The molecule has 0 unspecified atom stereocenters. The fraction of sp³-hybridized carbons (Fsp3) is 0.385. The van der Waals surface area contributed by atoms with Gasteiger partial charge >= 0.3 is 0 Å². The van der Waals surface area contributed by atoms with Crippen molar-refractivity contribution in [3.63, 3.8) is 0 Å². The Morgan fingerprint density at radius 1 is 1.40 bits per heavy atom. The second-order valence-electron chi connectivity index (χ2n) is 4.45. The van der Waals surface area contributed by atoms with Crippen molar-refractivity contribution >= 4 is 44.0 Å². The van der Waals surface area contributed by atoms with Crippen LogP contribution in [0.15, 0.2) is 26.2 Å². The highest BCUT2D eigenvalue weighted by Gasteiger charge is 2.20. The number of hydrogen-bond donors (Lipinski definition) is 2. The summed E-state index contributed by atoms with van der Waals surface area (Å²) < 4.78 is 6.57. The van der Waals surface area contributed by atoms with Crippen LogP contribution in [-0.4, -0.2) is 30.4 Å². The maximum atomic E-state index is 11.8. The highest BCUT2D eigenvalue weighted by Crippen LogP contribution is 2.30. The fourth-order valence-corrected chi connectivity index (χ4v) is 3.16. The first-order valence-electron chi connectivity index (χ1n) is 6.16. The van der Waals surface area contributed by atoms with E-state index in [1.807, 2.05) is 0 Å². The van der Waals surface area contributed by atoms with Crippen molar-refractivity contribution in [3.8, 4) is 5.75 Å². The maximum absolute atomic E-state index is 11.8. The Balaban J connectivity index is 1.98. The topological polar surface area (TPSA) is 70.9 Å². The van der Waals surface area contributed by atoms with Crippen molar-refractivity contribution < 1.29 is 14.6 Å². The number of hydrazone groups is 1. The Bertz CT molecular complexity index is 529. The molecule has 1 aromatic rings. The Morgan fingerprint density at radius 3 is 2.80 bits per heavy atom. The molecule has 20 heavy (non-hydrogen) atoms. The lowest BCUT2D eigenvalue weighted by Crippen LogP contribution is -2.31. The van der Waals surface area contributed by atoms with Crippen molar-refractivity contribution in [3.05, 3.63) is 26.6 Å². The average molecular weight is 406 g/mol. The molecular weight excluding hydrogens is 392 g/mol. The first-order valence-corrected chi connectivity index (χ1v) is 7.75. The van der Waals surface area contributed by atoms with Gasteiger partial charge in [0.25, 0.3) is 0 Å². The lowest BCUT2D eigenvalue weighted by Gasteiger charge is -2.19. The Labute approximate surface area is 133 Å². The van der Waals surface area contributed by atoms with Gasteiger partial charge < -0.3 is 9.84 Å².